The maximum Gasteiger partial charge on any atom is 0.416 e. The van der Waals surface area contributed by atoms with Crippen molar-refractivity contribution in [3.8, 4) is 0 Å². The van der Waals surface area contributed by atoms with Crippen LogP contribution in [0.25, 0.3) is 0 Å². The molecule has 1 fully saturated rings. The third kappa shape index (κ3) is 3.98. The van der Waals surface area contributed by atoms with Gasteiger partial charge in [0.2, 0.25) is 0 Å². The summed E-state index contributed by atoms with van der Waals surface area (Å²) in [6.07, 6.45) is -4.29. The molecule has 0 unspecified atom stereocenters. The molecular formula is C20H23F3N4. The average molecular weight is 376 g/mol. The molecule has 2 aromatic carbocycles. The van der Waals surface area contributed by atoms with Gasteiger partial charge in [-0.15, -0.1) is 0 Å². The minimum Gasteiger partial charge on any atom is -0.369 e. The largest absolute Gasteiger partial charge is 0.416 e. The third-order valence-electron chi connectivity index (χ3n) is 5.30. The number of anilines is 3. The van der Waals surface area contributed by atoms with Crippen molar-refractivity contribution in [3.63, 3.8) is 0 Å². The monoisotopic (exact) mass is 376 g/mol. The maximum absolute atomic E-state index is 12.9. The molecule has 0 aromatic heterocycles. The molecule has 2 aromatic rings. The van der Waals surface area contributed by atoms with Gasteiger partial charge in [0.05, 0.1) is 23.6 Å². The van der Waals surface area contributed by atoms with E-state index in [-0.39, 0.29) is 0 Å². The van der Waals surface area contributed by atoms with Gasteiger partial charge < -0.3 is 15.1 Å². The summed E-state index contributed by atoms with van der Waals surface area (Å²) in [7, 11) is 0. The minimum atomic E-state index is -4.29. The number of piperazine rings is 1. The van der Waals surface area contributed by atoms with Gasteiger partial charge in [0.15, 0.2) is 0 Å². The fourth-order valence-electron chi connectivity index (χ4n) is 3.73. The molecule has 0 aliphatic carbocycles. The van der Waals surface area contributed by atoms with Gasteiger partial charge in [0, 0.05) is 45.0 Å². The lowest BCUT2D eigenvalue weighted by molar-refractivity contribution is -0.137. The molecule has 0 bridgehead atoms. The lowest BCUT2D eigenvalue weighted by atomic mass is 10.1. The topological polar surface area (TPSA) is 21.8 Å². The highest BCUT2D eigenvalue weighted by Crippen LogP contribution is 2.32. The predicted molar refractivity (Wildman–Crippen MR) is 102 cm³/mol. The van der Waals surface area contributed by atoms with E-state index in [0.717, 1.165) is 52.0 Å². The molecular weight excluding hydrogens is 353 g/mol. The Labute approximate surface area is 157 Å². The lowest BCUT2D eigenvalue weighted by Crippen LogP contribution is -2.48. The van der Waals surface area contributed by atoms with E-state index in [1.54, 1.807) is 6.07 Å². The molecule has 2 aliphatic rings. The Morgan fingerprint density at radius 2 is 1.67 bits per heavy atom. The molecule has 0 amide bonds. The van der Waals surface area contributed by atoms with E-state index in [4.69, 9.17) is 0 Å². The Kier molecular flexibility index (Phi) is 4.86. The SMILES string of the molecule is FC(F)(F)c1cccc(N2CCN(CCN3CNc4ccccc43)CC2)c1. The molecule has 1 saturated heterocycles. The zero-order chi connectivity index (χ0) is 18.9. The van der Waals surface area contributed by atoms with Crippen molar-refractivity contribution in [3.05, 3.63) is 54.1 Å². The van der Waals surface area contributed by atoms with E-state index in [1.807, 2.05) is 17.0 Å². The lowest BCUT2D eigenvalue weighted by Gasteiger charge is -2.37. The van der Waals surface area contributed by atoms with Crippen LogP contribution in [-0.4, -0.2) is 50.8 Å². The summed E-state index contributed by atoms with van der Waals surface area (Å²) in [5.41, 5.74) is 2.48. The molecule has 27 heavy (non-hydrogen) atoms. The number of fused-ring (bicyclic) bond motifs is 1. The fraction of sp³-hybridized carbons (Fsp3) is 0.400. The van der Waals surface area contributed by atoms with Crippen molar-refractivity contribution < 1.29 is 13.2 Å². The summed E-state index contributed by atoms with van der Waals surface area (Å²) in [4.78, 5) is 6.75. The van der Waals surface area contributed by atoms with Crippen LogP contribution in [0.1, 0.15) is 5.56 Å². The zero-order valence-corrected chi connectivity index (χ0v) is 15.0. The number of hydrogen-bond donors (Lipinski definition) is 1. The van der Waals surface area contributed by atoms with Gasteiger partial charge in [-0.2, -0.15) is 13.2 Å². The first kappa shape index (κ1) is 18.0. The molecule has 144 valence electrons. The highest BCUT2D eigenvalue weighted by molar-refractivity contribution is 5.74. The second-order valence-corrected chi connectivity index (χ2v) is 6.99. The van der Waals surface area contributed by atoms with Gasteiger partial charge in [-0.05, 0) is 30.3 Å². The molecule has 2 aliphatic heterocycles. The standard InChI is InChI=1S/C20H23F3N4/c21-20(22,23)16-4-3-5-17(14-16)26-11-8-25(9-12-26)10-13-27-15-24-18-6-1-2-7-19(18)27/h1-7,14,24H,8-13,15H2. The second-order valence-electron chi connectivity index (χ2n) is 6.99. The van der Waals surface area contributed by atoms with Crippen LogP contribution in [0.15, 0.2) is 48.5 Å². The van der Waals surface area contributed by atoms with Gasteiger partial charge in [-0.3, -0.25) is 4.90 Å². The number of halogens is 3. The van der Waals surface area contributed by atoms with Gasteiger partial charge in [-0.1, -0.05) is 18.2 Å². The van der Waals surface area contributed by atoms with Crippen LogP contribution in [-0.2, 0) is 6.18 Å². The summed E-state index contributed by atoms with van der Waals surface area (Å²) >= 11 is 0. The van der Waals surface area contributed by atoms with Crippen molar-refractivity contribution in [2.24, 2.45) is 0 Å². The second kappa shape index (κ2) is 7.31. The Balaban J connectivity index is 1.30. The summed E-state index contributed by atoms with van der Waals surface area (Å²) in [6.45, 7) is 5.92. The van der Waals surface area contributed by atoms with Crippen molar-refractivity contribution >= 4 is 17.1 Å². The fourth-order valence-corrected chi connectivity index (χ4v) is 3.73. The number of alkyl halides is 3. The number of rotatable bonds is 4. The van der Waals surface area contributed by atoms with Crippen LogP contribution in [0, 0.1) is 0 Å². The maximum atomic E-state index is 12.9. The van der Waals surface area contributed by atoms with E-state index in [9.17, 15) is 13.2 Å². The summed E-state index contributed by atoms with van der Waals surface area (Å²) in [5.74, 6) is 0. The molecule has 1 N–H and O–H groups in total. The quantitative estimate of drug-likeness (QED) is 0.878. The first-order valence-electron chi connectivity index (χ1n) is 9.23. The van der Waals surface area contributed by atoms with Crippen LogP contribution in [0.4, 0.5) is 30.2 Å². The van der Waals surface area contributed by atoms with Crippen molar-refractivity contribution in [1.82, 2.24) is 4.90 Å². The molecule has 0 radical (unpaired) electrons. The predicted octanol–water partition coefficient (Wildman–Crippen LogP) is 3.72. The number of benzene rings is 2. The average Bonchev–Trinajstić information content (AvgIpc) is 3.09. The summed E-state index contributed by atoms with van der Waals surface area (Å²) < 4.78 is 38.7. The van der Waals surface area contributed by atoms with Crippen LogP contribution in [0.3, 0.4) is 0 Å². The van der Waals surface area contributed by atoms with E-state index < -0.39 is 11.7 Å². The van der Waals surface area contributed by atoms with Crippen LogP contribution in [0.5, 0.6) is 0 Å². The molecule has 7 heteroatoms. The van der Waals surface area contributed by atoms with Gasteiger partial charge in [0.1, 0.15) is 0 Å². The normalized spacial score (nSPS) is 17.7. The van der Waals surface area contributed by atoms with Crippen LogP contribution < -0.4 is 15.1 Å². The molecule has 0 atom stereocenters. The highest BCUT2D eigenvalue weighted by Gasteiger charge is 2.31. The molecule has 2 heterocycles. The van der Waals surface area contributed by atoms with Crippen LogP contribution in [0.2, 0.25) is 0 Å². The smallest absolute Gasteiger partial charge is 0.369 e. The summed E-state index contributed by atoms with van der Waals surface area (Å²) in [6, 6.07) is 13.9. The number of para-hydroxylation sites is 2. The van der Waals surface area contributed by atoms with E-state index >= 15 is 0 Å². The molecule has 4 nitrogen and oxygen atoms in total. The Morgan fingerprint density at radius 1 is 0.889 bits per heavy atom. The Hall–Kier alpha value is -2.41. The number of nitrogens with one attached hydrogen (secondary N) is 1. The number of hydrogen-bond acceptors (Lipinski definition) is 4. The minimum absolute atomic E-state index is 0.581. The van der Waals surface area contributed by atoms with Gasteiger partial charge in [-0.25, -0.2) is 0 Å². The van der Waals surface area contributed by atoms with Crippen molar-refractivity contribution in [1.29, 1.82) is 0 Å². The number of nitrogens with zero attached hydrogens (tertiary/aromatic N) is 3. The van der Waals surface area contributed by atoms with Gasteiger partial charge >= 0.3 is 6.18 Å². The third-order valence-corrected chi connectivity index (χ3v) is 5.30. The summed E-state index contributed by atoms with van der Waals surface area (Å²) in [5, 5.41) is 3.39. The zero-order valence-electron chi connectivity index (χ0n) is 15.0. The van der Waals surface area contributed by atoms with Gasteiger partial charge in [0.25, 0.3) is 0 Å². The Morgan fingerprint density at radius 3 is 2.44 bits per heavy atom. The molecule has 4 rings (SSSR count). The van der Waals surface area contributed by atoms with E-state index in [0.29, 0.717) is 5.69 Å². The Bertz CT molecular complexity index is 785. The molecule has 0 saturated carbocycles. The van der Waals surface area contributed by atoms with E-state index in [1.165, 1.54) is 23.5 Å². The van der Waals surface area contributed by atoms with E-state index in [2.05, 4.69) is 27.2 Å². The highest BCUT2D eigenvalue weighted by atomic mass is 19.4. The first-order valence-corrected chi connectivity index (χ1v) is 9.23. The van der Waals surface area contributed by atoms with Crippen LogP contribution >= 0.6 is 0 Å². The van der Waals surface area contributed by atoms with Crippen molar-refractivity contribution in [2.45, 2.75) is 6.18 Å². The van der Waals surface area contributed by atoms with Crippen molar-refractivity contribution in [2.75, 3.05) is 61.1 Å². The molecule has 0 spiro atoms. The first-order chi connectivity index (χ1) is 13.0.